The van der Waals surface area contributed by atoms with Gasteiger partial charge in [-0.1, -0.05) is 41.9 Å². The number of amides is 1. The van der Waals surface area contributed by atoms with Crippen LogP contribution in [-0.4, -0.2) is 23.2 Å². The number of rotatable bonds is 7. The van der Waals surface area contributed by atoms with Crippen molar-refractivity contribution in [3.05, 3.63) is 65.0 Å². The lowest BCUT2D eigenvalue weighted by molar-refractivity contribution is -0.115. The molecule has 1 aromatic heterocycles. The van der Waals surface area contributed by atoms with Gasteiger partial charge in [-0.3, -0.25) is 4.79 Å². The first-order chi connectivity index (χ1) is 13.6. The van der Waals surface area contributed by atoms with Crippen LogP contribution in [0.15, 0.2) is 58.2 Å². The summed E-state index contributed by atoms with van der Waals surface area (Å²) in [5, 5.41) is 11.4. The van der Waals surface area contributed by atoms with E-state index >= 15 is 0 Å². The number of ether oxygens (including phenoxy) is 1. The number of anilines is 1. The van der Waals surface area contributed by atoms with Crippen LogP contribution in [0.2, 0.25) is 5.02 Å². The maximum Gasteiger partial charge on any atom is 0.277 e. The summed E-state index contributed by atoms with van der Waals surface area (Å²) >= 11 is 7.40. The van der Waals surface area contributed by atoms with Gasteiger partial charge in [0.25, 0.3) is 5.22 Å². The minimum absolute atomic E-state index is 0.205. The summed E-state index contributed by atoms with van der Waals surface area (Å²) < 4.78 is 10.9. The van der Waals surface area contributed by atoms with Crippen molar-refractivity contribution in [2.75, 3.05) is 12.4 Å². The zero-order valence-electron chi connectivity index (χ0n) is 15.1. The van der Waals surface area contributed by atoms with Gasteiger partial charge in [-0.2, -0.15) is 0 Å². The molecule has 0 radical (unpaired) electrons. The van der Waals surface area contributed by atoms with E-state index in [0.29, 0.717) is 33.5 Å². The Balaban J connectivity index is 1.55. The number of methoxy groups -OCH3 is 1. The summed E-state index contributed by atoms with van der Waals surface area (Å²) in [6, 6.07) is 14.6. The smallest absolute Gasteiger partial charge is 0.277 e. The van der Waals surface area contributed by atoms with E-state index in [9.17, 15) is 4.79 Å². The van der Waals surface area contributed by atoms with Gasteiger partial charge in [0.15, 0.2) is 0 Å². The summed E-state index contributed by atoms with van der Waals surface area (Å²) in [6.45, 7) is 0. The van der Waals surface area contributed by atoms with E-state index in [1.807, 2.05) is 30.3 Å². The van der Waals surface area contributed by atoms with E-state index in [0.717, 1.165) is 18.4 Å². The number of hydrogen-bond acceptors (Lipinski definition) is 6. The molecule has 28 heavy (non-hydrogen) atoms. The fraction of sp³-hybridized carbons (Fsp3) is 0.250. The minimum atomic E-state index is -0.547. The second kappa shape index (κ2) is 8.24. The number of benzene rings is 2. The van der Waals surface area contributed by atoms with Gasteiger partial charge in [-0.05, 0) is 48.4 Å². The topological polar surface area (TPSA) is 77.2 Å². The molecule has 0 aliphatic heterocycles. The van der Waals surface area contributed by atoms with Crippen LogP contribution in [0.3, 0.4) is 0 Å². The fourth-order valence-corrected chi connectivity index (χ4v) is 3.86. The third-order valence-electron chi connectivity index (χ3n) is 4.33. The number of nitrogens with one attached hydrogen (secondary N) is 1. The van der Waals surface area contributed by atoms with E-state index in [1.54, 1.807) is 25.3 Å². The Morgan fingerprint density at radius 3 is 2.71 bits per heavy atom. The molecule has 1 atom stereocenters. The largest absolute Gasteiger partial charge is 0.495 e. The second-order valence-corrected chi connectivity index (χ2v) is 7.89. The maximum atomic E-state index is 13.0. The van der Waals surface area contributed by atoms with Crippen molar-refractivity contribution in [2.24, 2.45) is 0 Å². The predicted molar refractivity (Wildman–Crippen MR) is 108 cm³/mol. The lowest BCUT2D eigenvalue weighted by atomic mass is 10.1. The van der Waals surface area contributed by atoms with Crippen molar-refractivity contribution in [2.45, 2.75) is 29.2 Å². The number of nitrogens with zero attached hydrogens (tertiary/aromatic N) is 2. The first-order valence-corrected chi connectivity index (χ1v) is 10.1. The first-order valence-electron chi connectivity index (χ1n) is 8.83. The number of carbonyl (C=O) groups is 1. The summed E-state index contributed by atoms with van der Waals surface area (Å²) in [5.41, 5.74) is 1.43. The van der Waals surface area contributed by atoms with E-state index in [2.05, 4.69) is 15.5 Å². The molecule has 0 spiro atoms. The van der Waals surface area contributed by atoms with Gasteiger partial charge in [0.2, 0.25) is 11.8 Å². The Bertz CT molecular complexity index is 976. The molecule has 0 bridgehead atoms. The van der Waals surface area contributed by atoms with Gasteiger partial charge in [0.1, 0.15) is 11.0 Å². The molecule has 1 amide bonds. The molecule has 0 unspecified atom stereocenters. The summed E-state index contributed by atoms with van der Waals surface area (Å²) in [7, 11) is 1.54. The van der Waals surface area contributed by atoms with Gasteiger partial charge < -0.3 is 14.5 Å². The highest BCUT2D eigenvalue weighted by molar-refractivity contribution is 8.00. The highest BCUT2D eigenvalue weighted by atomic mass is 35.5. The molecule has 1 fully saturated rings. The zero-order valence-corrected chi connectivity index (χ0v) is 16.7. The molecule has 1 aliphatic carbocycles. The molecule has 144 valence electrons. The number of hydrogen-bond donors (Lipinski definition) is 1. The molecule has 2 aromatic carbocycles. The third kappa shape index (κ3) is 4.31. The predicted octanol–water partition coefficient (Wildman–Crippen LogP) is 5.08. The van der Waals surface area contributed by atoms with Crippen molar-refractivity contribution in [3.63, 3.8) is 0 Å². The number of aromatic nitrogens is 2. The third-order valence-corrected chi connectivity index (χ3v) is 5.71. The van der Waals surface area contributed by atoms with Gasteiger partial charge in [0, 0.05) is 11.6 Å². The Hall–Kier alpha value is -2.51. The van der Waals surface area contributed by atoms with E-state index in [-0.39, 0.29) is 5.91 Å². The van der Waals surface area contributed by atoms with Crippen molar-refractivity contribution in [1.82, 2.24) is 10.2 Å². The van der Waals surface area contributed by atoms with Gasteiger partial charge >= 0.3 is 0 Å². The maximum absolute atomic E-state index is 13.0. The monoisotopic (exact) mass is 415 g/mol. The van der Waals surface area contributed by atoms with Crippen LogP contribution in [0.1, 0.15) is 35.5 Å². The molecule has 1 N–H and O–H groups in total. The molecule has 1 aliphatic rings. The average molecular weight is 416 g/mol. The van der Waals surface area contributed by atoms with Crippen LogP contribution in [0.25, 0.3) is 0 Å². The lowest BCUT2D eigenvalue weighted by Crippen LogP contribution is -2.19. The van der Waals surface area contributed by atoms with Crippen LogP contribution in [0.5, 0.6) is 5.75 Å². The van der Waals surface area contributed by atoms with E-state index in [4.69, 9.17) is 20.8 Å². The van der Waals surface area contributed by atoms with Gasteiger partial charge in [-0.15, -0.1) is 10.2 Å². The highest BCUT2D eigenvalue weighted by Gasteiger charge is 2.31. The van der Waals surface area contributed by atoms with E-state index in [1.165, 1.54) is 11.8 Å². The molecule has 8 heteroatoms. The molecular formula is C20H18ClN3O3S. The van der Waals surface area contributed by atoms with Crippen molar-refractivity contribution in [3.8, 4) is 5.75 Å². The molecule has 1 saturated carbocycles. The van der Waals surface area contributed by atoms with Gasteiger partial charge in [0.05, 0.1) is 12.1 Å². The Labute approximate surface area is 171 Å². The summed E-state index contributed by atoms with van der Waals surface area (Å²) in [4.78, 5) is 13.0. The van der Waals surface area contributed by atoms with Crippen molar-refractivity contribution < 1.29 is 13.9 Å². The van der Waals surface area contributed by atoms with Crippen LogP contribution in [0.4, 0.5) is 5.69 Å². The average Bonchev–Trinajstić information content (AvgIpc) is 3.45. The normalized spacial score (nSPS) is 14.5. The molecule has 3 aromatic rings. The fourth-order valence-electron chi connectivity index (χ4n) is 2.72. The van der Waals surface area contributed by atoms with Crippen molar-refractivity contribution in [1.29, 1.82) is 0 Å². The van der Waals surface area contributed by atoms with Crippen LogP contribution in [0, 0.1) is 0 Å². The quantitative estimate of drug-likeness (QED) is 0.542. The Kier molecular flexibility index (Phi) is 5.54. The summed E-state index contributed by atoms with van der Waals surface area (Å²) in [6.07, 6.45) is 2.15. The number of thioether (sulfide) groups is 1. The van der Waals surface area contributed by atoms with Crippen LogP contribution < -0.4 is 10.1 Å². The lowest BCUT2D eigenvalue weighted by Gasteiger charge is -2.15. The number of carbonyl (C=O) groups excluding carboxylic acids is 1. The standard InChI is InChI=1S/C20H18ClN3O3S/c1-26-16-10-9-14(11-15(16)21)22-18(25)17(12-5-3-2-4-6-12)28-20-24-23-19(27-20)13-7-8-13/h2-6,9-11,13,17H,7-8H2,1H3,(H,22,25)/t17-/m1/s1. The minimum Gasteiger partial charge on any atom is -0.495 e. The van der Waals surface area contributed by atoms with Crippen molar-refractivity contribution >= 4 is 35.0 Å². The highest BCUT2D eigenvalue weighted by Crippen LogP contribution is 2.42. The molecular weight excluding hydrogens is 398 g/mol. The van der Waals surface area contributed by atoms with Gasteiger partial charge in [-0.25, -0.2) is 0 Å². The molecule has 1 heterocycles. The molecule has 6 nitrogen and oxygen atoms in total. The molecule has 4 rings (SSSR count). The summed E-state index contributed by atoms with van der Waals surface area (Å²) in [5.74, 6) is 1.36. The Morgan fingerprint density at radius 2 is 2.04 bits per heavy atom. The number of halogens is 1. The molecule has 0 saturated heterocycles. The zero-order chi connectivity index (χ0) is 19.5. The van der Waals surface area contributed by atoms with E-state index < -0.39 is 5.25 Å². The SMILES string of the molecule is COc1ccc(NC(=O)[C@H](Sc2nnc(C3CC3)o2)c2ccccc2)cc1Cl. The van der Waals surface area contributed by atoms with Crippen LogP contribution >= 0.6 is 23.4 Å². The first kappa shape index (κ1) is 18.8. The second-order valence-electron chi connectivity index (χ2n) is 6.43. The van der Waals surface area contributed by atoms with Crippen LogP contribution in [-0.2, 0) is 4.79 Å². The Morgan fingerprint density at radius 1 is 1.25 bits per heavy atom.